The lowest BCUT2D eigenvalue weighted by molar-refractivity contribution is -0.119. The van der Waals surface area contributed by atoms with Gasteiger partial charge in [-0.3, -0.25) is 4.79 Å². The molecule has 0 aromatic heterocycles. The third kappa shape index (κ3) is 5.86. The van der Waals surface area contributed by atoms with Gasteiger partial charge in [-0.15, -0.1) is 12.4 Å². The van der Waals surface area contributed by atoms with Gasteiger partial charge in [0.1, 0.15) is 0 Å². The number of rotatable bonds is 8. The molecule has 114 valence electrons. The molecule has 0 atom stereocenters. The summed E-state index contributed by atoms with van der Waals surface area (Å²) in [4.78, 5) is 10.8. The predicted molar refractivity (Wildman–Crippen MR) is 81.9 cm³/mol. The van der Waals surface area contributed by atoms with E-state index in [1.165, 1.54) is 0 Å². The number of hydrogen-bond acceptors (Lipinski definition) is 4. The van der Waals surface area contributed by atoms with Crippen molar-refractivity contribution < 1.29 is 14.3 Å². The molecule has 1 aromatic rings. The van der Waals surface area contributed by atoms with E-state index in [9.17, 15) is 4.79 Å². The van der Waals surface area contributed by atoms with Crippen LogP contribution in [0.3, 0.4) is 0 Å². The summed E-state index contributed by atoms with van der Waals surface area (Å²) in [6.45, 7) is 5.69. The van der Waals surface area contributed by atoms with Crippen LogP contribution < -0.4 is 20.5 Å². The molecule has 0 aliphatic carbocycles. The number of primary amides is 1. The Balaban J connectivity index is 0.00000361. The van der Waals surface area contributed by atoms with E-state index >= 15 is 0 Å². The fraction of sp³-hybridized carbons (Fsp3) is 0.462. The topological polar surface area (TPSA) is 73.6 Å². The van der Waals surface area contributed by atoms with Gasteiger partial charge in [0.25, 0.3) is 5.91 Å². The van der Waals surface area contributed by atoms with Crippen LogP contribution in [-0.4, -0.2) is 25.7 Å². The molecular formula is C13H20Cl2N2O3. The second-order valence-electron chi connectivity index (χ2n) is 3.87. The van der Waals surface area contributed by atoms with E-state index in [2.05, 4.69) is 5.32 Å². The molecule has 1 rings (SSSR count). The maximum Gasteiger partial charge on any atom is 0.255 e. The molecule has 0 bridgehead atoms. The quantitative estimate of drug-likeness (QED) is 0.769. The van der Waals surface area contributed by atoms with Crippen LogP contribution in [0.5, 0.6) is 11.5 Å². The van der Waals surface area contributed by atoms with Gasteiger partial charge in [0, 0.05) is 6.54 Å². The van der Waals surface area contributed by atoms with Crippen LogP contribution in [0.4, 0.5) is 0 Å². The number of carbonyl (C=O) groups excluding carboxylic acids is 1. The zero-order chi connectivity index (χ0) is 14.3. The van der Waals surface area contributed by atoms with Crippen LogP contribution in [-0.2, 0) is 11.3 Å². The van der Waals surface area contributed by atoms with E-state index in [1.54, 1.807) is 6.07 Å². The first kappa shape index (κ1) is 18.8. The second-order valence-corrected chi connectivity index (χ2v) is 4.28. The molecule has 0 fully saturated rings. The standard InChI is InChI=1S/C13H19ClN2O3.ClH/c1-3-16-7-9-5-10(14)13(19-8-12(15)17)11(6-9)18-4-2;/h5-6,16H,3-4,7-8H2,1-2H3,(H2,15,17);1H. The minimum absolute atomic E-state index is 0. The molecule has 7 heteroatoms. The van der Waals surface area contributed by atoms with Crippen LogP contribution >= 0.6 is 24.0 Å². The van der Waals surface area contributed by atoms with Crippen molar-refractivity contribution in [2.45, 2.75) is 20.4 Å². The Morgan fingerprint density at radius 2 is 2.05 bits per heavy atom. The highest BCUT2D eigenvalue weighted by Gasteiger charge is 2.13. The highest BCUT2D eigenvalue weighted by Crippen LogP contribution is 2.36. The fourth-order valence-corrected chi connectivity index (χ4v) is 1.83. The molecule has 20 heavy (non-hydrogen) atoms. The summed E-state index contributed by atoms with van der Waals surface area (Å²) in [6, 6.07) is 3.62. The molecule has 0 heterocycles. The Morgan fingerprint density at radius 3 is 2.60 bits per heavy atom. The molecule has 5 nitrogen and oxygen atoms in total. The Kier molecular flexibility index (Phi) is 9.12. The van der Waals surface area contributed by atoms with Gasteiger partial charge in [0.15, 0.2) is 18.1 Å². The highest BCUT2D eigenvalue weighted by atomic mass is 35.5. The molecule has 0 aliphatic rings. The van der Waals surface area contributed by atoms with Crippen molar-refractivity contribution >= 4 is 29.9 Å². The molecule has 0 spiro atoms. The number of halogens is 2. The Labute approximate surface area is 130 Å². The van der Waals surface area contributed by atoms with E-state index in [-0.39, 0.29) is 19.0 Å². The lowest BCUT2D eigenvalue weighted by atomic mass is 10.2. The molecule has 0 radical (unpaired) electrons. The van der Waals surface area contributed by atoms with Gasteiger partial charge >= 0.3 is 0 Å². The van der Waals surface area contributed by atoms with Gasteiger partial charge in [-0.25, -0.2) is 0 Å². The van der Waals surface area contributed by atoms with Crippen molar-refractivity contribution in [3.63, 3.8) is 0 Å². The average Bonchev–Trinajstić information content (AvgIpc) is 2.35. The summed E-state index contributed by atoms with van der Waals surface area (Å²) in [6.07, 6.45) is 0. The maximum atomic E-state index is 10.8. The number of carbonyl (C=O) groups is 1. The van der Waals surface area contributed by atoms with Crippen molar-refractivity contribution in [1.82, 2.24) is 5.32 Å². The zero-order valence-electron chi connectivity index (χ0n) is 11.6. The van der Waals surface area contributed by atoms with Gasteiger partial charge < -0.3 is 20.5 Å². The largest absolute Gasteiger partial charge is 0.490 e. The summed E-state index contributed by atoms with van der Waals surface area (Å²) in [5.41, 5.74) is 6.04. The highest BCUT2D eigenvalue weighted by molar-refractivity contribution is 6.32. The van der Waals surface area contributed by atoms with E-state index in [1.807, 2.05) is 19.9 Å². The lowest BCUT2D eigenvalue weighted by Gasteiger charge is -2.14. The SMILES string of the molecule is CCNCc1cc(Cl)c(OCC(N)=O)c(OCC)c1.Cl. The van der Waals surface area contributed by atoms with E-state index in [0.29, 0.717) is 29.7 Å². The third-order valence-electron chi connectivity index (χ3n) is 2.31. The Bertz CT molecular complexity index is 442. The molecular weight excluding hydrogens is 303 g/mol. The van der Waals surface area contributed by atoms with Crippen LogP contribution in [0, 0.1) is 0 Å². The average molecular weight is 323 g/mol. The van der Waals surface area contributed by atoms with Crippen molar-refractivity contribution in [1.29, 1.82) is 0 Å². The summed E-state index contributed by atoms with van der Waals surface area (Å²) < 4.78 is 10.8. The van der Waals surface area contributed by atoms with Crippen molar-refractivity contribution in [3.8, 4) is 11.5 Å². The Hall–Kier alpha value is -1.17. The number of nitrogens with one attached hydrogen (secondary N) is 1. The fourth-order valence-electron chi connectivity index (χ4n) is 1.54. The molecule has 0 aliphatic heterocycles. The molecule has 1 amide bonds. The van der Waals surface area contributed by atoms with Crippen LogP contribution in [0.25, 0.3) is 0 Å². The number of benzene rings is 1. The number of amides is 1. The van der Waals surface area contributed by atoms with Gasteiger partial charge in [-0.2, -0.15) is 0 Å². The maximum absolute atomic E-state index is 10.8. The van der Waals surface area contributed by atoms with Crippen molar-refractivity contribution in [2.75, 3.05) is 19.8 Å². The van der Waals surface area contributed by atoms with Gasteiger partial charge in [-0.1, -0.05) is 18.5 Å². The summed E-state index contributed by atoms with van der Waals surface area (Å²) in [7, 11) is 0. The number of ether oxygens (including phenoxy) is 2. The summed E-state index contributed by atoms with van der Waals surface area (Å²) in [5.74, 6) is 0.307. The minimum Gasteiger partial charge on any atom is -0.490 e. The molecule has 1 aromatic carbocycles. The van der Waals surface area contributed by atoms with Gasteiger partial charge in [-0.05, 0) is 31.2 Å². The first-order chi connectivity index (χ1) is 9.08. The first-order valence-electron chi connectivity index (χ1n) is 6.15. The smallest absolute Gasteiger partial charge is 0.255 e. The summed E-state index contributed by atoms with van der Waals surface area (Å²) in [5, 5.41) is 3.60. The Morgan fingerprint density at radius 1 is 1.35 bits per heavy atom. The number of hydrogen-bond donors (Lipinski definition) is 2. The minimum atomic E-state index is -0.560. The lowest BCUT2D eigenvalue weighted by Crippen LogP contribution is -2.20. The van der Waals surface area contributed by atoms with Crippen LogP contribution in [0.15, 0.2) is 12.1 Å². The normalized spacial score (nSPS) is 9.75. The van der Waals surface area contributed by atoms with E-state index < -0.39 is 5.91 Å². The molecule has 0 unspecified atom stereocenters. The monoisotopic (exact) mass is 322 g/mol. The predicted octanol–water partition coefficient (Wildman–Crippen LogP) is 2.13. The molecule has 0 saturated heterocycles. The van der Waals surface area contributed by atoms with Crippen molar-refractivity contribution in [2.24, 2.45) is 5.73 Å². The third-order valence-corrected chi connectivity index (χ3v) is 2.59. The van der Waals surface area contributed by atoms with Gasteiger partial charge in [0.05, 0.1) is 11.6 Å². The van der Waals surface area contributed by atoms with Crippen LogP contribution in [0.2, 0.25) is 5.02 Å². The van der Waals surface area contributed by atoms with E-state index in [0.717, 1.165) is 12.1 Å². The van der Waals surface area contributed by atoms with Crippen LogP contribution in [0.1, 0.15) is 19.4 Å². The zero-order valence-corrected chi connectivity index (χ0v) is 13.1. The first-order valence-corrected chi connectivity index (χ1v) is 6.53. The van der Waals surface area contributed by atoms with E-state index in [4.69, 9.17) is 26.8 Å². The molecule has 0 saturated carbocycles. The van der Waals surface area contributed by atoms with Crippen molar-refractivity contribution in [3.05, 3.63) is 22.7 Å². The summed E-state index contributed by atoms with van der Waals surface area (Å²) >= 11 is 6.15. The molecule has 3 N–H and O–H groups in total. The number of nitrogens with two attached hydrogens (primary N) is 1. The van der Waals surface area contributed by atoms with Gasteiger partial charge in [0.2, 0.25) is 0 Å². The second kappa shape index (κ2) is 9.69.